The predicted octanol–water partition coefficient (Wildman–Crippen LogP) is 4.49. The number of carbonyl (C=O) groups excluding carboxylic acids is 2. The molecule has 2 amide bonds. The second-order valence-corrected chi connectivity index (χ2v) is 8.02. The number of aryl methyl sites for hydroxylation is 3. The summed E-state index contributed by atoms with van der Waals surface area (Å²) in [6, 6.07) is 9.83. The molecule has 2 aromatic rings. The monoisotopic (exact) mass is 393 g/mol. The normalized spacial score (nSPS) is 13.9. The first-order valence-electron chi connectivity index (χ1n) is 10.4. The smallest absolute Gasteiger partial charge is 0.253 e. The van der Waals surface area contributed by atoms with Crippen molar-refractivity contribution in [3.8, 4) is 0 Å². The maximum absolute atomic E-state index is 13.1. The average molecular weight is 394 g/mol. The van der Waals surface area contributed by atoms with Gasteiger partial charge in [-0.1, -0.05) is 17.7 Å². The number of nitrogens with zero attached hydrogens (tertiary/aromatic N) is 1. The number of hydrogen-bond acceptors (Lipinski definition) is 3. The van der Waals surface area contributed by atoms with Gasteiger partial charge in [-0.2, -0.15) is 0 Å². The number of nitrogens with one attached hydrogen (secondary N) is 2. The van der Waals surface area contributed by atoms with Gasteiger partial charge in [-0.05, 0) is 74.9 Å². The van der Waals surface area contributed by atoms with Crippen molar-refractivity contribution in [3.05, 3.63) is 58.1 Å². The van der Waals surface area contributed by atoms with Gasteiger partial charge < -0.3 is 15.5 Å². The second kappa shape index (κ2) is 9.12. The Morgan fingerprint density at radius 3 is 2.24 bits per heavy atom. The van der Waals surface area contributed by atoms with Crippen LogP contribution in [0.3, 0.4) is 0 Å². The van der Waals surface area contributed by atoms with E-state index in [1.165, 1.54) is 35.6 Å². The number of piperidine rings is 1. The summed E-state index contributed by atoms with van der Waals surface area (Å²) in [5, 5.41) is 5.93. The summed E-state index contributed by atoms with van der Waals surface area (Å²) in [6.07, 6.45) is 3.45. The minimum absolute atomic E-state index is 0.0840. The van der Waals surface area contributed by atoms with E-state index >= 15 is 0 Å². The third-order valence-corrected chi connectivity index (χ3v) is 5.53. The zero-order valence-electron chi connectivity index (χ0n) is 17.9. The van der Waals surface area contributed by atoms with Gasteiger partial charge in [0.2, 0.25) is 5.91 Å². The summed E-state index contributed by atoms with van der Waals surface area (Å²) in [6.45, 7) is 10.1. The summed E-state index contributed by atoms with van der Waals surface area (Å²) >= 11 is 0. The number of benzene rings is 2. The van der Waals surface area contributed by atoms with Crippen LogP contribution in [0.2, 0.25) is 0 Å². The van der Waals surface area contributed by atoms with Gasteiger partial charge in [0, 0.05) is 32.2 Å². The Morgan fingerprint density at radius 1 is 0.966 bits per heavy atom. The lowest BCUT2D eigenvalue weighted by atomic mass is 9.99. The van der Waals surface area contributed by atoms with Crippen LogP contribution in [0.15, 0.2) is 30.3 Å². The van der Waals surface area contributed by atoms with Crippen molar-refractivity contribution in [2.75, 3.05) is 23.3 Å². The number of amides is 2. The molecule has 5 nitrogen and oxygen atoms in total. The molecule has 0 atom stereocenters. The van der Waals surface area contributed by atoms with Crippen LogP contribution in [-0.4, -0.2) is 24.9 Å². The second-order valence-electron chi connectivity index (χ2n) is 8.02. The molecule has 2 aromatic carbocycles. The van der Waals surface area contributed by atoms with Crippen LogP contribution < -0.4 is 15.5 Å². The zero-order valence-corrected chi connectivity index (χ0v) is 17.9. The largest absolute Gasteiger partial charge is 0.371 e. The molecule has 1 heterocycles. The topological polar surface area (TPSA) is 61.4 Å². The number of anilines is 2. The molecule has 1 saturated heterocycles. The Balaban J connectivity index is 1.84. The standard InChI is InChI=1S/C24H31N3O2/c1-16-12-17(2)22(18(3)13-16)15-25-24(29)21-9-8-20(26-19(4)28)14-23(21)27-10-6-5-7-11-27/h8-9,12-14H,5-7,10-11,15H2,1-4H3,(H,25,29)(H,26,28). The van der Waals surface area contributed by atoms with Gasteiger partial charge in [0.25, 0.3) is 5.91 Å². The van der Waals surface area contributed by atoms with Crippen molar-refractivity contribution in [1.29, 1.82) is 0 Å². The van der Waals surface area contributed by atoms with Crippen LogP contribution in [0.1, 0.15) is 58.8 Å². The molecule has 3 rings (SSSR count). The van der Waals surface area contributed by atoms with Crippen LogP contribution >= 0.6 is 0 Å². The summed E-state index contributed by atoms with van der Waals surface area (Å²) < 4.78 is 0. The fraction of sp³-hybridized carbons (Fsp3) is 0.417. The van der Waals surface area contributed by atoms with Crippen molar-refractivity contribution in [3.63, 3.8) is 0 Å². The van der Waals surface area contributed by atoms with Gasteiger partial charge in [-0.15, -0.1) is 0 Å². The van der Waals surface area contributed by atoms with Crippen molar-refractivity contribution < 1.29 is 9.59 Å². The van der Waals surface area contributed by atoms with Crippen molar-refractivity contribution in [2.45, 2.75) is 53.5 Å². The van der Waals surface area contributed by atoms with Gasteiger partial charge in [0.15, 0.2) is 0 Å². The Kier molecular flexibility index (Phi) is 6.57. The first-order valence-corrected chi connectivity index (χ1v) is 10.4. The van der Waals surface area contributed by atoms with E-state index in [1.54, 1.807) is 6.07 Å². The number of rotatable bonds is 5. The first-order chi connectivity index (χ1) is 13.8. The van der Waals surface area contributed by atoms with E-state index in [0.29, 0.717) is 12.1 Å². The molecule has 0 aliphatic carbocycles. The van der Waals surface area contributed by atoms with E-state index in [1.807, 2.05) is 12.1 Å². The summed E-state index contributed by atoms with van der Waals surface area (Å²) in [7, 11) is 0. The zero-order chi connectivity index (χ0) is 21.0. The van der Waals surface area contributed by atoms with Gasteiger partial charge in [-0.3, -0.25) is 9.59 Å². The highest BCUT2D eigenvalue weighted by Gasteiger charge is 2.20. The maximum atomic E-state index is 13.1. The Bertz CT molecular complexity index is 891. The molecule has 1 fully saturated rings. The molecule has 0 aromatic heterocycles. The minimum atomic E-state index is -0.114. The van der Waals surface area contributed by atoms with Crippen LogP contribution in [0.5, 0.6) is 0 Å². The number of carbonyl (C=O) groups is 2. The molecule has 29 heavy (non-hydrogen) atoms. The molecule has 0 radical (unpaired) electrons. The van der Waals surface area contributed by atoms with Crippen LogP contribution in [-0.2, 0) is 11.3 Å². The third-order valence-electron chi connectivity index (χ3n) is 5.53. The van der Waals surface area contributed by atoms with Crippen LogP contribution in [0, 0.1) is 20.8 Å². The lowest BCUT2D eigenvalue weighted by Gasteiger charge is -2.30. The molecule has 2 N–H and O–H groups in total. The van der Waals surface area contributed by atoms with E-state index < -0.39 is 0 Å². The molecule has 0 bridgehead atoms. The molecule has 0 saturated carbocycles. The summed E-state index contributed by atoms with van der Waals surface area (Å²) in [5.41, 5.74) is 7.06. The molecule has 1 aliphatic heterocycles. The fourth-order valence-electron chi connectivity index (χ4n) is 4.15. The summed E-state index contributed by atoms with van der Waals surface area (Å²) in [5.74, 6) is -0.198. The molecule has 0 spiro atoms. The molecule has 154 valence electrons. The molecule has 5 heteroatoms. The molecular formula is C24H31N3O2. The van der Waals surface area contributed by atoms with Crippen molar-refractivity contribution in [1.82, 2.24) is 5.32 Å². The molecular weight excluding hydrogens is 362 g/mol. The van der Waals surface area contributed by atoms with E-state index in [4.69, 9.17) is 0 Å². The quantitative estimate of drug-likeness (QED) is 0.787. The Morgan fingerprint density at radius 2 is 1.62 bits per heavy atom. The first kappa shape index (κ1) is 20.9. The minimum Gasteiger partial charge on any atom is -0.371 e. The lowest BCUT2D eigenvalue weighted by molar-refractivity contribution is -0.114. The van der Waals surface area contributed by atoms with E-state index in [2.05, 4.69) is 48.4 Å². The van der Waals surface area contributed by atoms with Crippen molar-refractivity contribution >= 4 is 23.2 Å². The third kappa shape index (κ3) is 5.17. The van der Waals surface area contributed by atoms with Gasteiger partial charge in [0.05, 0.1) is 11.3 Å². The van der Waals surface area contributed by atoms with Crippen LogP contribution in [0.4, 0.5) is 11.4 Å². The highest BCUT2D eigenvalue weighted by Crippen LogP contribution is 2.28. The SMILES string of the molecule is CC(=O)Nc1ccc(C(=O)NCc2c(C)cc(C)cc2C)c(N2CCCCC2)c1. The molecule has 1 aliphatic rings. The van der Waals surface area contributed by atoms with E-state index in [9.17, 15) is 9.59 Å². The van der Waals surface area contributed by atoms with E-state index in [0.717, 1.165) is 37.3 Å². The van der Waals surface area contributed by atoms with Gasteiger partial charge in [-0.25, -0.2) is 0 Å². The lowest BCUT2D eigenvalue weighted by Crippen LogP contribution is -2.33. The molecule has 0 unspecified atom stereocenters. The van der Waals surface area contributed by atoms with Crippen LogP contribution in [0.25, 0.3) is 0 Å². The maximum Gasteiger partial charge on any atom is 0.253 e. The highest BCUT2D eigenvalue weighted by atomic mass is 16.2. The average Bonchev–Trinajstić information content (AvgIpc) is 2.67. The summed E-state index contributed by atoms with van der Waals surface area (Å²) in [4.78, 5) is 26.8. The van der Waals surface area contributed by atoms with E-state index in [-0.39, 0.29) is 11.8 Å². The predicted molar refractivity (Wildman–Crippen MR) is 119 cm³/mol. The van der Waals surface area contributed by atoms with Gasteiger partial charge in [0.1, 0.15) is 0 Å². The Hall–Kier alpha value is -2.82. The fourth-order valence-corrected chi connectivity index (χ4v) is 4.15. The Labute approximate surface area is 173 Å². The van der Waals surface area contributed by atoms with Crippen molar-refractivity contribution in [2.24, 2.45) is 0 Å². The number of hydrogen-bond donors (Lipinski definition) is 2. The van der Waals surface area contributed by atoms with Gasteiger partial charge >= 0.3 is 0 Å². The highest BCUT2D eigenvalue weighted by molar-refractivity contribution is 6.01.